The molecule has 0 spiro atoms. The van der Waals surface area contributed by atoms with Gasteiger partial charge in [0.25, 0.3) is 0 Å². The average Bonchev–Trinajstić information content (AvgIpc) is 2.79. The number of ether oxygens (including phenoxy) is 2. The number of amides is 1. The van der Waals surface area contributed by atoms with Crippen LogP contribution in [0, 0.1) is 5.92 Å². The van der Waals surface area contributed by atoms with Gasteiger partial charge in [0.15, 0.2) is 11.5 Å². The lowest BCUT2D eigenvalue weighted by molar-refractivity contribution is -0.167. The summed E-state index contributed by atoms with van der Waals surface area (Å²) in [5.74, 6) is -0.396. The maximum Gasteiger partial charge on any atom is 0.471 e. The van der Waals surface area contributed by atoms with E-state index in [9.17, 15) is 18.0 Å². The van der Waals surface area contributed by atoms with Crippen LogP contribution in [0.1, 0.15) is 30.9 Å². The highest BCUT2D eigenvalue weighted by Gasteiger charge is 2.38. The Morgan fingerprint density at radius 1 is 1.12 bits per heavy atom. The van der Waals surface area contributed by atoms with Crippen molar-refractivity contribution in [2.75, 3.05) is 26.1 Å². The first-order chi connectivity index (χ1) is 15.2. The fourth-order valence-electron chi connectivity index (χ4n) is 3.63. The van der Waals surface area contributed by atoms with E-state index in [1.165, 1.54) is 12.1 Å². The molecule has 0 aromatic heterocycles. The molecule has 172 valence electrons. The number of nitrogens with one attached hydrogen (secondary N) is 1. The van der Waals surface area contributed by atoms with E-state index >= 15 is 0 Å². The minimum atomic E-state index is -4.92. The number of nitrogens with zero attached hydrogens (tertiary/aromatic N) is 2. The molecule has 1 N–H and O–H groups in total. The zero-order valence-electron chi connectivity index (χ0n) is 18.2. The van der Waals surface area contributed by atoms with Gasteiger partial charge in [-0.05, 0) is 48.7 Å². The quantitative estimate of drug-likeness (QED) is 0.657. The van der Waals surface area contributed by atoms with E-state index in [4.69, 9.17) is 14.6 Å². The number of carbonyl (C=O) groups excluding carboxylic acids is 1. The van der Waals surface area contributed by atoms with Crippen LogP contribution in [-0.4, -0.2) is 43.6 Å². The van der Waals surface area contributed by atoms with Crippen molar-refractivity contribution in [3.63, 3.8) is 0 Å². The fraction of sp³-hybridized carbons (Fsp3) is 0.391. The van der Waals surface area contributed by atoms with E-state index in [2.05, 4.69) is 6.92 Å². The molecule has 1 heterocycles. The second-order valence-corrected chi connectivity index (χ2v) is 7.49. The van der Waals surface area contributed by atoms with Gasteiger partial charge < -0.3 is 14.8 Å². The molecule has 0 saturated heterocycles. The van der Waals surface area contributed by atoms with Crippen molar-refractivity contribution in [2.24, 2.45) is 11.0 Å². The lowest BCUT2D eigenvalue weighted by atomic mass is 9.90. The molecule has 1 aliphatic rings. The van der Waals surface area contributed by atoms with Crippen LogP contribution in [0.3, 0.4) is 0 Å². The maximum atomic E-state index is 12.4. The number of hydrogen-bond donors (Lipinski definition) is 1. The summed E-state index contributed by atoms with van der Waals surface area (Å²) in [5.41, 5.74) is 2.90. The largest absolute Gasteiger partial charge is 0.493 e. The van der Waals surface area contributed by atoms with Gasteiger partial charge in [0.2, 0.25) is 0 Å². The van der Waals surface area contributed by atoms with Gasteiger partial charge in [-0.25, -0.2) is 0 Å². The SMILES string of the molecule is CCC1CCN(Cc2ccc(NC(=O)C(F)(F)F)cc2)N=C1c1ccc(OC)c(OC)c1. The monoisotopic (exact) mass is 449 g/mol. The van der Waals surface area contributed by atoms with E-state index in [0.717, 1.165) is 36.2 Å². The first-order valence-corrected chi connectivity index (χ1v) is 10.3. The normalized spacial score (nSPS) is 16.4. The molecule has 2 aromatic rings. The highest BCUT2D eigenvalue weighted by molar-refractivity contribution is 6.03. The minimum Gasteiger partial charge on any atom is -0.493 e. The van der Waals surface area contributed by atoms with Gasteiger partial charge >= 0.3 is 12.1 Å². The standard InChI is InChI=1S/C23H26F3N3O3/c1-4-16-11-12-29(28-21(16)17-7-10-19(31-2)20(13-17)32-3)14-15-5-8-18(9-6-15)27-22(30)23(24,25)26/h5-10,13,16H,4,11-12,14H2,1-3H3,(H,27,30). The van der Waals surface area contributed by atoms with Gasteiger partial charge in [-0.15, -0.1) is 0 Å². The molecular weight excluding hydrogens is 423 g/mol. The Hall–Kier alpha value is -3.23. The summed E-state index contributed by atoms with van der Waals surface area (Å²) in [6, 6.07) is 12.0. The summed E-state index contributed by atoms with van der Waals surface area (Å²) in [6.45, 7) is 3.40. The molecule has 2 aromatic carbocycles. The minimum absolute atomic E-state index is 0.0929. The van der Waals surface area contributed by atoms with Crippen LogP contribution in [0.15, 0.2) is 47.6 Å². The molecule has 0 fully saturated rings. The Labute approximate surface area is 185 Å². The van der Waals surface area contributed by atoms with Gasteiger partial charge in [-0.2, -0.15) is 18.3 Å². The first kappa shape index (κ1) is 23.4. The molecule has 0 aliphatic carbocycles. The summed E-state index contributed by atoms with van der Waals surface area (Å²) in [6.07, 6.45) is -3.03. The third-order valence-corrected chi connectivity index (χ3v) is 5.38. The molecule has 1 aliphatic heterocycles. The predicted molar refractivity (Wildman–Crippen MR) is 116 cm³/mol. The lowest BCUT2D eigenvalue weighted by Crippen LogP contribution is -2.32. The van der Waals surface area contributed by atoms with E-state index < -0.39 is 12.1 Å². The van der Waals surface area contributed by atoms with Crippen LogP contribution < -0.4 is 14.8 Å². The Bertz CT molecular complexity index is 975. The Morgan fingerprint density at radius 2 is 1.81 bits per heavy atom. The molecule has 0 saturated carbocycles. The van der Waals surface area contributed by atoms with E-state index in [1.807, 2.05) is 28.5 Å². The second kappa shape index (κ2) is 9.93. The molecule has 32 heavy (non-hydrogen) atoms. The molecule has 1 unspecified atom stereocenters. The summed E-state index contributed by atoms with van der Waals surface area (Å²) in [4.78, 5) is 11.1. The Balaban J connectivity index is 1.77. The van der Waals surface area contributed by atoms with Gasteiger partial charge in [-0.3, -0.25) is 9.80 Å². The van der Waals surface area contributed by atoms with Crippen LogP contribution in [0.2, 0.25) is 0 Å². The number of halogens is 3. The number of carbonyl (C=O) groups is 1. The molecule has 6 nitrogen and oxygen atoms in total. The van der Waals surface area contributed by atoms with Crippen LogP contribution in [-0.2, 0) is 11.3 Å². The average molecular weight is 449 g/mol. The van der Waals surface area contributed by atoms with Crippen molar-refractivity contribution in [1.29, 1.82) is 0 Å². The van der Waals surface area contributed by atoms with Crippen molar-refractivity contribution in [1.82, 2.24) is 5.01 Å². The smallest absolute Gasteiger partial charge is 0.471 e. The van der Waals surface area contributed by atoms with Crippen molar-refractivity contribution >= 4 is 17.3 Å². The zero-order chi connectivity index (χ0) is 23.3. The van der Waals surface area contributed by atoms with E-state index in [1.54, 1.807) is 26.4 Å². The second-order valence-electron chi connectivity index (χ2n) is 7.49. The van der Waals surface area contributed by atoms with E-state index in [-0.39, 0.29) is 5.69 Å². The van der Waals surface area contributed by atoms with Gasteiger partial charge in [-0.1, -0.05) is 19.1 Å². The molecule has 1 amide bonds. The number of anilines is 1. The topological polar surface area (TPSA) is 63.2 Å². The van der Waals surface area contributed by atoms with Crippen molar-refractivity contribution in [2.45, 2.75) is 32.5 Å². The summed E-state index contributed by atoms with van der Waals surface area (Å²) < 4.78 is 48.0. The Morgan fingerprint density at radius 3 is 2.41 bits per heavy atom. The Kier molecular flexibility index (Phi) is 7.27. The summed E-state index contributed by atoms with van der Waals surface area (Å²) in [7, 11) is 3.18. The molecule has 0 bridgehead atoms. The predicted octanol–water partition coefficient (Wildman–Crippen LogP) is 4.84. The highest BCUT2D eigenvalue weighted by atomic mass is 19.4. The number of hydrazone groups is 1. The number of benzene rings is 2. The number of methoxy groups -OCH3 is 2. The highest BCUT2D eigenvalue weighted by Crippen LogP contribution is 2.31. The van der Waals surface area contributed by atoms with Crippen LogP contribution >= 0.6 is 0 Å². The lowest BCUT2D eigenvalue weighted by Gasteiger charge is -2.31. The number of rotatable bonds is 7. The van der Waals surface area contributed by atoms with Gasteiger partial charge in [0.05, 0.1) is 26.5 Å². The number of alkyl halides is 3. The summed E-state index contributed by atoms with van der Waals surface area (Å²) >= 11 is 0. The van der Waals surface area contributed by atoms with Gasteiger partial charge in [0, 0.05) is 23.7 Å². The maximum absolute atomic E-state index is 12.4. The molecule has 1 atom stereocenters. The van der Waals surface area contributed by atoms with Crippen LogP contribution in [0.5, 0.6) is 11.5 Å². The molecular formula is C23H26F3N3O3. The summed E-state index contributed by atoms with van der Waals surface area (Å²) in [5, 5.41) is 8.66. The number of hydrogen-bond acceptors (Lipinski definition) is 5. The molecule has 0 radical (unpaired) electrons. The van der Waals surface area contributed by atoms with Gasteiger partial charge in [0.1, 0.15) is 0 Å². The zero-order valence-corrected chi connectivity index (χ0v) is 18.2. The molecule has 3 rings (SSSR count). The van der Waals surface area contributed by atoms with Crippen LogP contribution in [0.25, 0.3) is 0 Å². The van der Waals surface area contributed by atoms with Crippen molar-refractivity contribution < 1.29 is 27.4 Å². The first-order valence-electron chi connectivity index (χ1n) is 10.3. The third-order valence-electron chi connectivity index (χ3n) is 5.38. The van der Waals surface area contributed by atoms with E-state index in [0.29, 0.717) is 24.0 Å². The third kappa shape index (κ3) is 5.52. The van der Waals surface area contributed by atoms with Crippen molar-refractivity contribution in [3.8, 4) is 11.5 Å². The van der Waals surface area contributed by atoms with Crippen molar-refractivity contribution in [3.05, 3.63) is 53.6 Å². The van der Waals surface area contributed by atoms with Crippen LogP contribution in [0.4, 0.5) is 18.9 Å². The fourth-order valence-corrected chi connectivity index (χ4v) is 3.63. The molecule has 9 heteroatoms.